The molecule has 1 amide bonds. The van der Waals surface area contributed by atoms with E-state index in [1.807, 2.05) is 51.2 Å². The number of Topliss-reactive ketones (excluding diaryl/α,β-unsaturated/α-hetero) is 3. The average molecular weight is 942 g/mol. The first-order chi connectivity index (χ1) is 31.9. The van der Waals surface area contributed by atoms with Crippen LogP contribution in [0.5, 0.6) is 0 Å². The fourth-order valence-corrected chi connectivity index (χ4v) is 11.3. The van der Waals surface area contributed by atoms with Crippen LogP contribution in [-0.4, -0.2) is 145 Å². The number of ether oxygens (including phenoxy) is 6. The molecular formula is C52H79NO14. The number of piperidine rings is 1. The Hall–Kier alpha value is -3.41. The van der Waals surface area contributed by atoms with E-state index < -0.39 is 89.6 Å². The molecule has 376 valence electrons. The van der Waals surface area contributed by atoms with E-state index in [9.17, 15) is 39.3 Å². The van der Waals surface area contributed by atoms with Gasteiger partial charge in [-0.15, -0.1) is 0 Å². The summed E-state index contributed by atoms with van der Waals surface area (Å²) in [5.74, 6) is -8.43. The number of fused-ring (bicyclic) bond motifs is 3. The summed E-state index contributed by atoms with van der Waals surface area (Å²) >= 11 is 0. The molecule has 0 aromatic heterocycles. The number of allylic oxidation sites excluding steroid dienone is 6. The SMILES string of the molecule is CO[C@H]1C[C@@H]2CC[C@@H](C)[C@@](O)(O2)C(=O)C(=O)N2CCCC3[C@H]2C(=O)O[C@@H](CC(=O)[C@H](C)/C=C(\C)[C@@H](O)[C@@H](OC)C(=O)[C@H](C)C[C@H](C)/C=C/C=C/C=C/1C)[C@H]3C[C@@H]1CC[C@@H](OCCO)[C@H](OC)C1. The van der Waals surface area contributed by atoms with Crippen LogP contribution in [0, 0.1) is 41.4 Å². The van der Waals surface area contributed by atoms with E-state index in [0.29, 0.717) is 63.4 Å². The van der Waals surface area contributed by atoms with Crippen molar-refractivity contribution in [3.8, 4) is 0 Å². The van der Waals surface area contributed by atoms with Crippen molar-refractivity contribution in [1.82, 2.24) is 4.90 Å². The summed E-state index contributed by atoms with van der Waals surface area (Å²) in [6.07, 6.45) is 11.6. The summed E-state index contributed by atoms with van der Waals surface area (Å²) in [5.41, 5.74) is 1.28. The Morgan fingerprint density at radius 3 is 2.28 bits per heavy atom. The van der Waals surface area contributed by atoms with E-state index in [4.69, 9.17) is 28.4 Å². The van der Waals surface area contributed by atoms with Gasteiger partial charge in [0.05, 0.1) is 37.6 Å². The number of rotatable bonds is 8. The average Bonchev–Trinajstić information content (AvgIpc) is 3.31. The molecule has 4 aliphatic heterocycles. The van der Waals surface area contributed by atoms with Gasteiger partial charge in [0.1, 0.15) is 30.1 Å². The lowest BCUT2D eigenvalue weighted by atomic mass is 9.68. The number of aliphatic hydroxyl groups excluding tert-OH is 2. The monoisotopic (exact) mass is 942 g/mol. The van der Waals surface area contributed by atoms with Crippen LogP contribution in [-0.2, 0) is 52.4 Å². The van der Waals surface area contributed by atoms with Crippen molar-refractivity contribution < 1.29 is 67.7 Å². The topological polar surface area (TPSA) is 205 Å². The predicted molar refractivity (Wildman–Crippen MR) is 249 cm³/mol. The Balaban J connectivity index is 1.51. The van der Waals surface area contributed by atoms with E-state index >= 15 is 0 Å². The van der Waals surface area contributed by atoms with Crippen LogP contribution >= 0.6 is 0 Å². The van der Waals surface area contributed by atoms with Crippen molar-refractivity contribution in [2.24, 2.45) is 41.4 Å². The summed E-state index contributed by atoms with van der Waals surface area (Å²) in [6, 6.07) is -1.13. The van der Waals surface area contributed by atoms with Crippen molar-refractivity contribution in [3.05, 3.63) is 47.6 Å². The summed E-state index contributed by atoms with van der Waals surface area (Å²) in [4.78, 5) is 72.4. The van der Waals surface area contributed by atoms with Gasteiger partial charge in [0.2, 0.25) is 5.79 Å². The Bertz CT molecular complexity index is 1840. The lowest BCUT2D eigenvalue weighted by molar-refractivity contribution is -0.266. The highest BCUT2D eigenvalue weighted by atomic mass is 16.6. The Morgan fingerprint density at radius 1 is 0.851 bits per heavy atom. The molecule has 3 N–H and O–H groups in total. The van der Waals surface area contributed by atoms with Gasteiger partial charge in [-0.05, 0) is 101 Å². The van der Waals surface area contributed by atoms with Gasteiger partial charge in [-0.2, -0.15) is 0 Å². The quantitative estimate of drug-likeness (QED) is 0.158. The normalized spacial score (nSPS) is 41.8. The van der Waals surface area contributed by atoms with E-state index in [1.165, 1.54) is 12.0 Å². The first-order valence-electron chi connectivity index (χ1n) is 24.6. The number of esters is 1. The largest absolute Gasteiger partial charge is 0.460 e. The van der Waals surface area contributed by atoms with E-state index in [2.05, 4.69) is 0 Å². The second kappa shape index (κ2) is 24.9. The molecule has 0 radical (unpaired) electrons. The van der Waals surface area contributed by atoms with Crippen molar-refractivity contribution in [2.45, 2.75) is 167 Å². The van der Waals surface area contributed by atoms with Crippen LogP contribution in [0.25, 0.3) is 0 Å². The number of amides is 1. The van der Waals surface area contributed by atoms with Crippen molar-refractivity contribution in [2.75, 3.05) is 41.1 Å². The molecule has 67 heavy (non-hydrogen) atoms. The van der Waals surface area contributed by atoms with Crippen molar-refractivity contribution >= 4 is 29.2 Å². The van der Waals surface area contributed by atoms with Crippen LogP contribution in [0.1, 0.15) is 112 Å². The number of aliphatic hydroxyl groups is 3. The molecule has 15 nitrogen and oxygen atoms in total. The van der Waals surface area contributed by atoms with Gasteiger partial charge in [-0.25, -0.2) is 4.79 Å². The Morgan fingerprint density at radius 2 is 1.60 bits per heavy atom. The maximum atomic E-state index is 14.5. The highest BCUT2D eigenvalue weighted by Gasteiger charge is 2.57. The summed E-state index contributed by atoms with van der Waals surface area (Å²) < 4.78 is 35.6. The molecule has 3 saturated heterocycles. The lowest BCUT2D eigenvalue weighted by Gasteiger charge is -2.50. The van der Waals surface area contributed by atoms with Gasteiger partial charge in [0.15, 0.2) is 5.78 Å². The van der Waals surface area contributed by atoms with E-state index in [-0.39, 0.29) is 61.8 Å². The summed E-state index contributed by atoms with van der Waals surface area (Å²) in [6.45, 7) is 11.0. The molecule has 5 aliphatic rings. The Labute approximate surface area is 397 Å². The van der Waals surface area contributed by atoms with Gasteiger partial charge in [-0.3, -0.25) is 19.2 Å². The second-order valence-electron chi connectivity index (χ2n) is 20.1. The van der Waals surface area contributed by atoms with Crippen LogP contribution in [0.2, 0.25) is 0 Å². The van der Waals surface area contributed by atoms with Gasteiger partial charge in [0, 0.05) is 64.4 Å². The number of methoxy groups -OCH3 is 3. The molecule has 0 aromatic rings. The van der Waals surface area contributed by atoms with Crippen molar-refractivity contribution in [1.29, 1.82) is 0 Å². The van der Waals surface area contributed by atoms with E-state index in [0.717, 1.165) is 12.0 Å². The molecule has 0 aromatic carbocycles. The van der Waals surface area contributed by atoms with Gasteiger partial charge < -0.3 is 48.6 Å². The first kappa shape index (κ1) is 54.5. The number of ketones is 3. The van der Waals surface area contributed by atoms with Gasteiger partial charge in [0.25, 0.3) is 11.7 Å². The predicted octanol–water partition coefficient (Wildman–Crippen LogP) is 5.42. The molecule has 5 rings (SSSR count). The molecule has 1 unspecified atom stereocenters. The zero-order chi connectivity index (χ0) is 49.2. The molecular weight excluding hydrogens is 863 g/mol. The number of nitrogens with zero attached hydrogens (tertiary/aromatic N) is 1. The van der Waals surface area contributed by atoms with E-state index in [1.54, 1.807) is 41.1 Å². The van der Waals surface area contributed by atoms with Crippen LogP contribution in [0.15, 0.2) is 47.6 Å². The fraction of sp³-hybridized carbons (Fsp3) is 0.750. The Kier molecular flexibility index (Phi) is 20.3. The first-order valence-corrected chi connectivity index (χ1v) is 24.6. The molecule has 1 saturated carbocycles. The van der Waals surface area contributed by atoms with Crippen molar-refractivity contribution in [3.63, 3.8) is 0 Å². The maximum Gasteiger partial charge on any atom is 0.329 e. The molecule has 4 heterocycles. The smallest absolute Gasteiger partial charge is 0.329 e. The molecule has 6 bridgehead atoms. The van der Waals surface area contributed by atoms with Crippen LogP contribution < -0.4 is 0 Å². The molecule has 0 spiro atoms. The third-order valence-electron chi connectivity index (χ3n) is 15.3. The third-order valence-corrected chi connectivity index (χ3v) is 15.3. The second-order valence-corrected chi connectivity index (χ2v) is 20.1. The lowest BCUT2D eigenvalue weighted by Crippen LogP contribution is -2.65. The molecule has 1 aliphatic carbocycles. The van der Waals surface area contributed by atoms with Gasteiger partial charge >= 0.3 is 5.97 Å². The standard InChI is InChI=1S/C52H79NO14/c1-30-14-11-10-12-15-31(2)42(62-7)28-37-19-17-35(6)52(61,67-37)49(58)50(59)53-21-13-16-38-39(26-36-18-20-41(65-23-22-54)44(27-36)63-8)43(66-51(60)45(38)53)29-40(55)32(3)25-34(5)47(57)48(64-9)46(56)33(4)24-30/h10-12,14-15,25,30,32-33,35-39,41-45,47-48,54,57,61H,13,16-24,26-29H2,1-9H3/b12-10+,14-11+,31-15+,34-25+/t30-,32-,33-,35-,36+,37+,38?,39+,41-,42+,43+,44-,45+,47-,48+,52-/m1/s1. The third kappa shape index (κ3) is 13.3. The minimum absolute atomic E-state index is 0.0196. The minimum atomic E-state index is -2.44. The zero-order valence-electron chi connectivity index (χ0n) is 41.3. The van der Waals surface area contributed by atoms with Gasteiger partial charge in [-0.1, -0.05) is 64.2 Å². The summed E-state index contributed by atoms with van der Waals surface area (Å²) in [5, 5.41) is 32.9. The number of hydrogen-bond donors (Lipinski definition) is 3. The summed E-state index contributed by atoms with van der Waals surface area (Å²) in [7, 11) is 4.59. The zero-order valence-corrected chi connectivity index (χ0v) is 41.3. The maximum absolute atomic E-state index is 14.5. The number of carbonyl (C=O) groups is 5. The number of hydrogen-bond acceptors (Lipinski definition) is 14. The number of carbonyl (C=O) groups excluding carboxylic acids is 5. The molecule has 15 heteroatoms. The molecule has 16 atom stereocenters. The fourth-order valence-electron chi connectivity index (χ4n) is 11.3. The molecule has 4 fully saturated rings. The highest BCUT2D eigenvalue weighted by Crippen LogP contribution is 2.45. The van der Waals surface area contributed by atoms with Crippen LogP contribution in [0.3, 0.4) is 0 Å². The van der Waals surface area contributed by atoms with Crippen LogP contribution in [0.4, 0.5) is 0 Å². The highest BCUT2D eigenvalue weighted by molar-refractivity contribution is 6.39. The minimum Gasteiger partial charge on any atom is -0.460 e.